The second-order valence-corrected chi connectivity index (χ2v) is 6.11. The summed E-state index contributed by atoms with van der Waals surface area (Å²) in [4.78, 5) is 11.2. The van der Waals surface area contributed by atoms with E-state index < -0.39 is 19.0 Å². The van der Waals surface area contributed by atoms with Crippen LogP contribution >= 0.6 is 7.82 Å². The van der Waals surface area contributed by atoms with Crippen molar-refractivity contribution in [1.82, 2.24) is 0 Å². The standard InChI is InChI=1S/C8H18O4P/c1-7(2,3)11-13(9,10)12-8(4,5)6/h1-6H3. The average molecular weight is 209 g/mol. The van der Waals surface area contributed by atoms with Gasteiger partial charge in [0.05, 0.1) is 11.2 Å². The molecule has 0 aliphatic heterocycles. The van der Waals surface area contributed by atoms with Crippen LogP contribution in [0, 0.1) is 0 Å². The molecule has 79 valence electrons. The molecule has 0 saturated carbocycles. The summed E-state index contributed by atoms with van der Waals surface area (Å²) in [6.45, 7) is 9.94. The van der Waals surface area contributed by atoms with Gasteiger partial charge in [0.2, 0.25) is 0 Å². The van der Waals surface area contributed by atoms with Gasteiger partial charge >= 0.3 is 7.82 Å². The summed E-state index contributed by atoms with van der Waals surface area (Å²) >= 11 is 0. The average Bonchev–Trinajstić information content (AvgIpc) is 1.43. The van der Waals surface area contributed by atoms with Crippen LogP contribution in [0.1, 0.15) is 41.5 Å². The Morgan fingerprint density at radius 2 is 1.08 bits per heavy atom. The molecule has 0 atom stereocenters. The zero-order valence-corrected chi connectivity index (χ0v) is 9.97. The third-order valence-electron chi connectivity index (χ3n) is 0.771. The maximum Gasteiger partial charge on any atom is 0.503 e. The first-order valence-electron chi connectivity index (χ1n) is 4.14. The van der Waals surface area contributed by atoms with Gasteiger partial charge in [-0.3, -0.25) is 9.05 Å². The van der Waals surface area contributed by atoms with Crippen LogP contribution in [-0.4, -0.2) is 11.2 Å². The van der Waals surface area contributed by atoms with Crippen LogP contribution in [0.15, 0.2) is 0 Å². The zero-order chi connectivity index (χ0) is 10.9. The molecule has 4 nitrogen and oxygen atoms in total. The molecule has 0 rings (SSSR count). The lowest BCUT2D eigenvalue weighted by Gasteiger charge is -2.26. The predicted molar refractivity (Wildman–Crippen MR) is 50.0 cm³/mol. The highest BCUT2D eigenvalue weighted by atomic mass is 31.2. The minimum atomic E-state index is -4.19. The van der Waals surface area contributed by atoms with Gasteiger partial charge in [-0.15, -0.1) is 4.89 Å². The smallest absolute Gasteiger partial charge is 0.279 e. The van der Waals surface area contributed by atoms with E-state index in [-0.39, 0.29) is 0 Å². The van der Waals surface area contributed by atoms with E-state index >= 15 is 0 Å². The van der Waals surface area contributed by atoms with Crippen molar-refractivity contribution < 1.29 is 18.5 Å². The summed E-state index contributed by atoms with van der Waals surface area (Å²) in [7, 11) is -4.19. The van der Waals surface area contributed by atoms with Crippen molar-refractivity contribution in [3.63, 3.8) is 0 Å². The highest BCUT2D eigenvalue weighted by Gasteiger charge is 2.35. The summed E-state index contributed by atoms with van der Waals surface area (Å²) in [5, 5.41) is 0. The Kier molecular flexibility index (Phi) is 3.73. The molecule has 0 amide bonds. The van der Waals surface area contributed by atoms with Crippen LogP contribution in [0.2, 0.25) is 0 Å². The lowest BCUT2D eigenvalue weighted by molar-refractivity contribution is 0.00789. The highest BCUT2D eigenvalue weighted by Crippen LogP contribution is 2.51. The monoisotopic (exact) mass is 209 g/mol. The Morgan fingerprint density at radius 1 is 0.846 bits per heavy atom. The Hall–Kier alpha value is 0.110. The largest absolute Gasteiger partial charge is 0.503 e. The fraction of sp³-hybridized carbons (Fsp3) is 1.00. The minimum Gasteiger partial charge on any atom is -0.279 e. The molecule has 0 N–H and O–H groups in total. The maximum atomic E-state index is 11.2. The third-order valence-corrected chi connectivity index (χ3v) is 2.31. The maximum absolute atomic E-state index is 11.2. The SMILES string of the molecule is CC(C)(C)OP([O])(=O)OC(C)(C)C. The molecule has 0 aromatic carbocycles. The first-order chi connectivity index (χ1) is 5.41. The van der Waals surface area contributed by atoms with Crippen molar-refractivity contribution in [1.29, 1.82) is 0 Å². The summed E-state index contributed by atoms with van der Waals surface area (Å²) in [5.74, 6) is 0. The minimum absolute atomic E-state index is 0.747. The van der Waals surface area contributed by atoms with Gasteiger partial charge in [-0.25, -0.2) is 4.57 Å². The molecule has 0 spiro atoms. The van der Waals surface area contributed by atoms with Crippen molar-refractivity contribution in [2.75, 3.05) is 0 Å². The first-order valence-corrected chi connectivity index (χ1v) is 5.60. The number of rotatable bonds is 2. The number of hydrogen-bond acceptors (Lipinski definition) is 3. The molecule has 0 aromatic heterocycles. The molecule has 0 aliphatic rings. The molecule has 5 heteroatoms. The van der Waals surface area contributed by atoms with E-state index in [1.807, 2.05) is 0 Å². The van der Waals surface area contributed by atoms with Crippen molar-refractivity contribution in [3.05, 3.63) is 0 Å². The van der Waals surface area contributed by atoms with E-state index in [0.717, 1.165) is 0 Å². The second-order valence-electron chi connectivity index (χ2n) is 4.85. The summed E-state index contributed by atoms with van der Waals surface area (Å²) in [5.41, 5.74) is -1.49. The molecule has 0 fully saturated rings. The topological polar surface area (TPSA) is 55.4 Å². The second kappa shape index (κ2) is 3.70. The summed E-state index contributed by atoms with van der Waals surface area (Å²) in [6.07, 6.45) is 0. The van der Waals surface area contributed by atoms with Gasteiger partial charge in [-0.1, -0.05) is 0 Å². The van der Waals surface area contributed by atoms with Crippen LogP contribution in [0.4, 0.5) is 0 Å². The normalized spacial score (nSPS) is 14.7. The molecule has 0 bridgehead atoms. The highest BCUT2D eigenvalue weighted by molar-refractivity contribution is 7.47. The molecule has 0 unspecified atom stereocenters. The molecule has 0 aliphatic carbocycles. The lowest BCUT2D eigenvalue weighted by atomic mass is 10.2. The summed E-state index contributed by atoms with van der Waals surface area (Å²) in [6, 6.07) is 0. The van der Waals surface area contributed by atoms with E-state index in [2.05, 4.69) is 0 Å². The van der Waals surface area contributed by atoms with Gasteiger partial charge in [-0.2, -0.15) is 0 Å². The molecular formula is C8H18O4P. The number of hydrogen-bond donors (Lipinski definition) is 0. The molecule has 0 saturated heterocycles. The van der Waals surface area contributed by atoms with E-state index in [0.29, 0.717) is 0 Å². The molecule has 13 heavy (non-hydrogen) atoms. The Balaban J connectivity index is 4.35. The van der Waals surface area contributed by atoms with Crippen LogP contribution in [0.3, 0.4) is 0 Å². The van der Waals surface area contributed by atoms with Gasteiger partial charge in [-0.05, 0) is 41.5 Å². The van der Waals surface area contributed by atoms with Crippen molar-refractivity contribution >= 4 is 7.82 Å². The molecule has 1 radical (unpaired) electrons. The Bertz CT molecular complexity index is 191. The van der Waals surface area contributed by atoms with Crippen LogP contribution in [0.5, 0.6) is 0 Å². The van der Waals surface area contributed by atoms with Gasteiger partial charge in [0.25, 0.3) is 0 Å². The van der Waals surface area contributed by atoms with E-state index in [1.54, 1.807) is 41.5 Å². The van der Waals surface area contributed by atoms with Gasteiger partial charge in [0, 0.05) is 0 Å². The van der Waals surface area contributed by atoms with Crippen LogP contribution < -0.4 is 0 Å². The van der Waals surface area contributed by atoms with E-state index in [1.165, 1.54) is 0 Å². The van der Waals surface area contributed by atoms with Crippen molar-refractivity contribution in [3.8, 4) is 0 Å². The van der Waals surface area contributed by atoms with Gasteiger partial charge < -0.3 is 0 Å². The van der Waals surface area contributed by atoms with Crippen LogP contribution in [-0.2, 0) is 18.5 Å². The van der Waals surface area contributed by atoms with Gasteiger partial charge in [0.1, 0.15) is 0 Å². The predicted octanol–water partition coefficient (Wildman–Crippen LogP) is 3.16. The Morgan fingerprint density at radius 3 is 1.23 bits per heavy atom. The first kappa shape index (κ1) is 13.1. The Labute approximate surface area is 79.9 Å². The summed E-state index contributed by atoms with van der Waals surface area (Å²) < 4.78 is 20.8. The lowest BCUT2D eigenvalue weighted by Crippen LogP contribution is -2.23. The molecule has 0 heterocycles. The van der Waals surface area contributed by atoms with Gasteiger partial charge in [0.15, 0.2) is 0 Å². The fourth-order valence-electron chi connectivity index (χ4n) is 0.689. The van der Waals surface area contributed by atoms with E-state index in [9.17, 15) is 9.46 Å². The fourth-order valence-corrected chi connectivity index (χ4v) is 2.07. The van der Waals surface area contributed by atoms with Crippen LogP contribution in [0.25, 0.3) is 0 Å². The zero-order valence-electron chi connectivity index (χ0n) is 9.08. The molecule has 0 aromatic rings. The van der Waals surface area contributed by atoms with E-state index in [4.69, 9.17) is 9.05 Å². The molecular weight excluding hydrogens is 191 g/mol. The van der Waals surface area contributed by atoms with Crippen molar-refractivity contribution in [2.45, 2.75) is 52.7 Å². The quantitative estimate of drug-likeness (QED) is 0.656. The van der Waals surface area contributed by atoms with Crippen molar-refractivity contribution in [2.24, 2.45) is 0 Å². The third kappa shape index (κ3) is 8.44.